The van der Waals surface area contributed by atoms with Crippen molar-refractivity contribution < 1.29 is 9.32 Å². The second kappa shape index (κ2) is 11.0. The van der Waals surface area contributed by atoms with Gasteiger partial charge in [-0.3, -0.25) is 4.90 Å². The third-order valence-corrected chi connectivity index (χ3v) is 7.05. The molecule has 3 aromatic rings. The van der Waals surface area contributed by atoms with Crippen LogP contribution >= 0.6 is 12.0 Å². The summed E-state index contributed by atoms with van der Waals surface area (Å²) in [6.45, 7) is 3.11. The van der Waals surface area contributed by atoms with E-state index in [-0.39, 0.29) is 0 Å². The molecule has 1 heterocycles. The molecule has 0 radical (unpaired) electrons. The molecule has 2 N–H and O–H groups in total. The summed E-state index contributed by atoms with van der Waals surface area (Å²) < 4.78 is 4.68. The maximum Gasteiger partial charge on any atom is 0.0702 e. The Hall–Kier alpha value is -2.93. The van der Waals surface area contributed by atoms with Gasteiger partial charge in [-0.1, -0.05) is 90.5 Å². The van der Waals surface area contributed by atoms with Crippen LogP contribution in [-0.4, -0.2) is 24.5 Å². The van der Waals surface area contributed by atoms with E-state index in [2.05, 4.69) is 99.2 Å². The Morgan fingerprint density at radius 2 is 1.44 bits per heavy atom. The Balaban J connectivity index is 1.27. The highest BCUT2D eigenvalue weighted by molar-refractivity contribution is 7.94. The molecule has 0 spiro atoms. The second-order valence-electron chi connectivity index (χ2n) is 8.51. The molecule has 1 aliphatic heterocycles. The van der Waals surface area contributed by atoms with E-state index in [0.717, 1.165) is 55.0 Å². The average Bonchev–Trinajstić information content (AvgIpc) is 3.06. The van der Waals surface area contributed by atoms with Gasteiger partial charge in [-0.05, 0) is 58.4 Å². The third-order valence-electron chi connectivity index (χ3n) is 6.44. The first-order chi connectivity index (χ1) is 16.8. The molecule has 0 saturated carbocycles. The van der Waals surface area contributed by atoms with E-state index in [4.69, 9.17) is 5.90 Å². The van der Waals surface area contributed by atoms with Gasteiger partial charge in [-0.2, -0.15) is 5.90 Å². The lowest BCUT2D eigenvalue weighted by Crippen LogP contribution is -2.31. The fourth-order valence-corrected chi connectivity index (χ4v) is 5.10. The molecule has 0 aromatic heterocycles. The molecule has 5 heteroatoms. The Morgan fingerprint density at radius 3 is 2.06 bits per heavy atom. The van der Waals surface area contributed by atoms with Gasteiger partial charge in [0, 0.05) is 24.5 Å². The van der Waals surface area contributed by atoms with Gasteiger partial charge in [0.1, 0.15) is 0 Å². The van der Waals surface area contributed by atoms with Crippen molar-refractivity contribution in [1.82, 2.24) is 4.90 Å². The fourth-order valence-electron chi connectivity index (χ4n) is 4.73. The first-order valence-corrected chi connectivity index (χ1v) is 12.3. The minimum Gasteiger partial charge on any atom is -0.299 e. The summed E-state index contributed by atoms with van der Waals surface area (Å²) in [5.74, 6) is 4.88. The first kappa shape index (κ1) is 22.8. The Morgan fingerprint density at radius 1 is 0.824 bits per heavy atom. The molecular weight excluding hydrogens is 440 g/mol. The Bertz CT molecular complexity index is 1170. The maximum atomic E-state index is 4.88. The molecule has 34 heavy (non-hydrogen) atoms. The van der Waals surface area contributed by atoms with Crippen LogP contribution in [-0.2, 0) is 9.32 Å². The molecule has 0 amide bonds. The Labute approximate surface area is 205 Å². The van der Waals surface area contributed by atoms with Crippen LogP contribution in [0.25, 0.3) is 23.8 Å². The lowest BCUT2D eigenvalue weighted by Gasteiger charge is -2.29. The second-order valence-corrected chi connectivity index (χ2v) is 9.28. The summed E-state index contributed by atoms with van der Waals surface area (Å²) in [5.41, 5.74) is 9.50. The largest absolute Gasteiger partial charge is 0.299 e. The van der Waals surface area contributed by atoms with Gasteiger partial charge in [0.15, 0.2) is 0 Å². The number of nitrogens with zero attached hydrogens (tertiary/aromatic N) is 1. The molecular formula is C29H28N2O2S. The van der Waals surface area contributed by atoms with Gasteiger partial charge in [0.25, 0.3) is 0 Å². The predicted molar refractivity (Wildman–Crippen MR) is 141 cm³/mol. The van der Waals surface area contributed by atoms with Crippen molar-refractivity contribution in [3.8, 4) is 0 Å². The summed E-state index contributed by atoms with van der Waals surface area (Å²) in [6, 6.07) is 25.7. The van der Waals surface area contributed by atoms with Gasteiger partial charge in [0.05, 0.1) is 12.0 Å². The van der Waals surface area contributed by atoms with Crippen LogP contribution in [0.3, 0.4) is 0 Å². The Kier molecular flexibility index (Phi) is 7.39. The number of likely N-dealkylation sites (tertiary alicyclic amines) is 1. The smallest absolute Gasteiger partial charge is 0.0702 e. The summed E-state index contributed by atoms with van der Waals surface area (Å²) >= 11 is 1.09. The van der Waals surface area contributed by atoms with Crippen molar-refractivity contribution in [2.45, 2.75) is 17.7 Å². The van der Waals surface area contributed by atoms with E-state index < -0.39 is 0 Å². The number of rotatable bonds is 6. The van der Waals surface area contributed by atoms with E-state index >= 15 is 0 Å². The lowest BCUT2D eigenvalue weighted by atomic mass is 9.86. The number of fused-ring (bicyclic) bond motifs is 2. The number of piperidine rings is 1. The zero-order valence-corrected chi connectivity index (χ0v) is 19.8. The van der Waals surface area contributed by atoms with Crippen LogP contribution in [0.5, 0.6) is 0 Å². The average molecular weight is 469 g/mol. The molecule has 5 rings (SSSR count). The monoisotopic (exact) mass is 468 g/mol. The van der Waals surface area contributed by atoms with Crippen LogP contribution in [0.4, 0.5) is 0 Å². The highest BCUT2D eigenvalue weighted by atomic mass is 32.2. The van der Waals surface area contributed by atoms with Crippen molar-refractivity contribution in [2.24, 2.45) is 5.90 Å². The van der Waals surface area contributed by atoms with Crippen molar-refractivity contribution in [2.75, 3.05) is 19.6 Å². The van der Waals surface area contributed by atoms with Crippen LogP contribution in [0, 0.1) is 0 Å². The minimum absolute atomic E-state index is 0.941. The highest BCUT2D eigenvalue weighted by Crippen LogP contribution is 2.38. The van der Waals surface area contributed by atoms with Crippen LogP contribution in [0.2, 0.25) is 0 Å². The zero-order valence-electron chi connectivity index (χ0n) is 19.0. The minimum atomic E-state index is 0.941. The molecule has 1 saturated heterocycles. The van der Waals surface area contributed by atoms with E-state index in [1.807, 2.05) is 12.1 Å². The first-order valence-electron chi connectivity index (χ1n) is 11.6. The molecule has 0 unspecified atom stereocenters. The van der Waals surface area contributed by atoms with Crippen molar-refractivity contribution in [3.63, 3.8) is 0 Å². The fraction of sp³-hybridized carbons (Fsp3) is 0.172. The topological polar surface area (TPSA) is 47.7 Å². The van der Waals surface area contributed by atoms with Crippen LogP contribution in [0.15, 0.2) is 89.3 Å². The van der Waals surface area contributed by atoms with E-state index in [0.29, 0.717) is 0 Å². The summed E-state index contributed by atoms with van der Waals surface area (Å²) in [4.78, 5) is 7.60. The predicted octanol–water partition coefficient (Wildman–Crippen LogP) is 6.61. The van der Waals surface area contributed by atoms with Gasteiger partial charge >= 0.3 is 0 Å². The quantitative estimate of drug-likeness (QED) is 0.196. The molecule has 1 fully saturated rings. The standard InChI is InChI=1S/C29H28N2O2S/c30-32-33-34-26-15-11-22(12-16-26)6-5-19-31-20-17-25(18-21-31)29-27-9-3-1-7-23(27)13-14-24-8-2-4-10-28(24)29/h1-16H,17-21,30H2/b6-5+. The van der Waals surface area contributed by atoms with Crippen molar-refractivity contribution in [1.29, 1.82) is 0 Å². The van der Waals surface area contributed by atoms with Gasteiger partial charge in [-0.25, -0.2) is 0 Å². The lowest BCUT2D eigenvalue weighted by molar-refractivity contribution is -0.195. The molecule has 2 aliphatic rings. The third kappa shape index (κ3) is 5.25. The van der Waals surface area contributed by atoms with Gasteiger partial charge in [0.2, 0.25) is 0 Å². The molecule has 4 nitrogen and oxygen atoms in total. The SMILES string of the molecule is NOOSc1ccc(/C=C/CN2CCC(=C3c4ccccc4C=Cc4ccccc43)CC2)cc1. The molecule has 1 aliphatic carbocycles. The van der Waals surface area contributed by atoms with E-state index in [1.54, 1.807) is 5.57 Å². The van der Waals surface area contributed by atoms with E-state index in [1.165, 1.54) is 27.8 Å². The number of hydrogen-bond donors (Lipinski definition) is 1. The molecule has 172 valence electrons. The molecule has 3 aromatic carbocycles. The van der Waals surface area contributed by atoms with Gasteiger partial charge < -0.3 is 0 Å². The zero-order chi connectivity index (χ0) is 23.2. The number of benzene rings is 3. The normalized spacial score (nSPS) is 15.9. The molecule has 0 bridgehead atoms. The molecule has 0 atom stereocenters. The van der Waals surface area contributed by atoms with Crippen LogP contribution < -0.4 is 5.90 Å². The summed E-state index contributed by atoms with van der Waals surface area (Å²) in [5, 5.41) is 0. The summed E-state index contributed by atoms with van der Waals surface area (Å²) in [6.07, 6.45) is 11.1. The number of nitrogens with two attached hydrogens (primary N) is 1. The van der Waals surface area contributed by atoms with Gasteiger partial charge in [-0.15, -0.1) is 9.32 Å². The van der Waals surface area contributed by atoms with Crippen molar-refractivity contribution in [3.05, 3.63) is 112 Å². The number of hydrogen-bond acceptors (Lipinski definition) is 5. The summed E-state index contributed by atoms with van der Waals surface area (Å²) in [7, 11) is 0. The van der Waals surface area contributed by atoms with E-state index in [9.17, 15) is 0 Å². The highest BCUT2D eigenvalue weighted by Gasteiger charge is 2.22. The van der Waals surface area contributed by atoms with Crippen LogP contribution in [0.1, 0.15) is 40.7 Å². The van der Waals surface area contributed by atoms with Crippen molar-refractivity contribution >= 4 is 35.8 Å². The maximum absolute atomic E-state index is 4.88.